The number of aryl methyl sites for hydroxylation is 1. The first-order valence-electron chi connectivity index (χ1n) is 13.6. The summed E-state index contributed by atoms with van der Waals surface area (Å²) in [5.41, 5.74) is 1.97. The van der Waals surface area contributed by atoms with Crippen LogP contribution in [0.15, 0.2) is 53.7 Å². The van der Waals surface area contributed by atoms with Gasteiger partial charge in [0.15, 0.2) is 12.3 Å². The highest BCUT2D eigenvalue weighted by Gasteiger charge is 2.19. The Morgan fingerprint density at radius 2 is 1.85 bits per heavy atom. The number of benzene rings is 1. The maximum absolute atomic E-state index is 12.7. The second-order valence-electron chi connectivity index (χ2n) is 10.2. The van der Waals surface area contributed by atoms with Crippen LogP contribution in [0.4, 0.5) is 5.82 Å². The lowest BCUT2D eigenvalue weighted by Crippen LogP contribution is -2.24. The number of rotatable bonds is 15. The van der Waals surface area contributed by atoms with Crippen molar-refractivity contribution >= 4 is 17.4 Å². The van der Waals surface area contributed by atoms with Crippen molar-refractivity contribution in [1.29, 1.82) is 0 Å². The van der Waals surface area contributed by atoms with Gasteiger partial charge in [-0.1, -0.05) is 75.7 Å². The minimum absolute atomic E-state index is 0.0575. The molecule has 0 bridgehead atoms. The van der Waals surface area contributed by atoms with E-state index < -0.39 is 0 Å². The molecule has 0 aliphatic carbocycles. The molecule has 0 saturated carbocycles. The number of tetrazole rings is 1. The van der Waals surface area contributed by atoms with Crippen LogP contribution in [0.2, 0.25) is 0 Å². The van der Waals surface area contributed by atoms with Gasteiger partial charge in [0.05, 0.1) is 11.8 Å². The molecular weight excluding hydrogens is 494 g/mol. The van der Waals surface area contributed by atoms with Gasteiger partial charge < -0.3 is 14.9 Å². The number of hydrogen-bond donors (Lipinski definition) is 1. The molecule has 2 heterocycles. The molecule has 0 aliphatic heterocycles. The summed E-state index contributed by atoms with van der Waals surface area (Å²) in [4.78, 5) is 22.8. The van der Waals surface area contributed by atoms with Crippen molar-refractivity contribution in [2.24, 2.45) is 30.0 Å². The highest BCUT2D eigenvalue weighted by atomic mass is 16.6. The molecule has 3 rings (SSSR count). The number of nitrogens with one attached hydrogen (secondary N) is 1. The predicted molar refractivity (Wildman–Crippen MR) is 151 cm³/mol. The van der Waals surface area contributed by atoms with Crippen LogP contribution in [-0.2, 0) is 28.0 Å². The maximum Gasteiger partial charge on any atom is 0.225 e. The number of ether oxygens (including phenoxy) is 1. The third-order valence-electron chi connectivity index (χ3n) is 6.99. The molecule has 10 nitrogen and oxygen atoms in total. The van der Waals surface area contributed by atoms with Gasteiger partial charge >= 0.3 is 0 Å². The van der Waals surface area contributed by atoms with Crippen molar-refractivity contribution in [3.05, 3.63) is 65.6 Å². The summed E-state index contributed by atoms with van der Waals surface area (Å²) in [6.07, 6.45) is 2.48. The molecule has 1 aromatic carbocycles. The van der Waals surface area contributed by atoms with Gasteiger partial charge in [0.2, 0.25) is 11.7 Å². The van der Waals surface area contributed by atoms with Gasteiger partial charge in [-0.3, -0.25) is 4.79 Å². The standard InChI is InChI=1S/C29H41N7O3/c1-7-23(18-38-22(5)20(2)3)21(4)16-17-27(37)31-26-15-11-14-25(30-26)19-39-33-28(24-12-9-8-10-13-24)29-32-34-35-36(29)6/h8-15,20-23H,7,16-19H2,1-6H3,(H,30,31,37). The van der Waals surface area contributed by atoms with Crippen LogP contribution >= 0.6 is 0 Å². The molecule has 2 aromatic heterocycles. The lowest BCUT2D eigenvalue weighted by molar-refractivity contribution is -0.116. The average molecular weight is 536 g/mol. The molecule has 1 N–H and O–H groups in total. The molecule has 10 heteroatoms. The van der Waals surface area contributed by atoms with Gasteiger partial charge in [0.1, 0.15) is 5.82 Å². The van der Waals surface area contributed by atoms with E-state index in [2.05, 4.69) is 65.6 Å². The zero-order valence-corrected chi connectivity index (χ0v) is 23.9. The Morgan fingerprint density at radius 1 is 1.08 bits per heavy atom. The normalized spacial score (nSPS) is 14.2. The molecule has 39 heavy (non-hydrogen) atoms. The molecular formula is C29H41N7O3. The SMILES string of the molecule is CCC(COC(C)C(C)C)C(C)CCC(=O)Nc1cccc(CON=C(c2ccccc2)c2nnnn2C)n1. The van der Waals surface area contributed by atoms with E-state index >= 15 is 0 Å². The highest BCUT2D eigenvalue weighted by Crippen LogP contribution is 2.23. The number of pyridine rings is 1. The Kier molecular flexibility index (Phi) is 11.5. The quantitative estimate of drug-likeness (QED) is 0.215. The molecule has 1 amide bonds. The van der Waals surface area contributed by atoms with E-state index in [4.69, 9.17) is 9.57 Å². The lowest BCUT2D eigenvalue weighted by atomic mass is 9.88. The van der Waals surface area contributed by atoms with E-state index in [1.807, 2.05) is 42.5 Å². The fraction of sp³-hybridized carbons (Fsp3) is 0.517. The van der Waals surface area contributed by atoms with Crippen molar-refractivity contribution in [3.8, 4) is 0 Å². The Hall–Kier alpha value is -3.66. The second-order valence-corrected chi connectivity index (χ2v) is 10.2. The van der Waals surface area contributed by atoms with Crippen LogP contribution in [-0.4, -0.2) is 49.5 Å². The van der Waals surface area contributed by atoms with Crippen LogP contribution in [0.1, 0.15) is 71.0 Å². The molecule has 0 fully saturated rings. The number of carbonyl (C=O) groups excluding carboxylic acids is 1. The summed E-state index contributed by atoms with van der Waals surface area (Å²) < 4.78 is 7.58. The van der Waals surface area contributed by atoms with E-state index in [0.29, 0.717) is 47.2 Å². The molecule has 3 atom stereocenters. The molecule has 0 aliphatic rings. The summed E-state index contributed by atoms with van der Waals surface area (Å²) in [6.45, 7) is 11.7. The number of nitrogens with zero attached hydrogens (tertiary/aromatic N) is 6. The fourth-order valence-electron chi connectivity index (χ4n) is 3.99. The first-order chi connectivity index (χ1) is 18.8. The summed E-state index contributed by atoms with van der Waals surface area (Å²) in [5, 5.41) is 18.9. The van der Waals surface area contributed by atoms with Crippen LogP contribution < -0.4 is 5.32 Å². The zero-order valence-electron chi connectivity index (χ0n) is 23.9. The summed E-state index contributed by atoms with van der Waals surface area (Å²) in [7, 11) is 1.74. The van der Waals surface area contributed by atoms with Crippen LogP contribution in [0.3, 0.4) is 0 Å². The molecule has 0 saturated heterocycles. The van der Waals surface area contributed by atoms with Crippen molar-refractivity contribution in [1.82, 2.24) is 25.2 Å². The number of aromatic nitrogens is 5. The van der Waals surface area contributed by atoms with Gasteiger partial charge in [-0.2, -0.15) is 0 Å². The molecule has 0 spiro atoms. The summed E-state index contributed by atoms with van der Waals surface area (Å²) >= 11 is 0. The average Bonchev–Trinajstić information content (AvgIpc) is 3.36. The Bertz CT molecular complexity index is 1200. The maximum atomic E-state index is 12.7. The van der Waals surface area contributed by atoms with Crippen LogP contribution in [0.5, 0.6) is 0 Å². The van der Waals surface area contributed by atoms with E-state index in [1.54, 1.807) is 13.1 Å². The predicted octanol–water partition coefficient (Wildman–Crippen LogP) is 5.02. The third kappa shape index (κ3) is 9.24. The number of amides is 1. The molecule has 210 valence electrons. The van der Waals surface area contributed by atoms with Gasteiger partial charge in [0, 0.05) is 25.6 Å². The highest BCUT2D eigenvalue weighted by molar-refractivity contribution is 6.10. The topological polar surface area (TPSA) is 116 Å². The first-order valence-corrected chi connectivity index (χ1v) is 13.6. The molecule has 3 unspecified atom stereocenters. The number of carbonyl (C=O) groups is 1. The van der Waals surface area contributed by atoms with Crippen molar-refractivity contribution in [3.63, 3.8) is 0 Å². The summed E-state index contributed by atoms with van der Waals surface area (Å²) in [6, 6.07) is 15.0. The third-order valence-corrected chi connectivity index (χ3v) is 6.99. The van der Waals surface area contributed by atoms with E-state index in [-0.39, 0.29) is 18.6 Å². The largest absolute Gasteiger partial charge is 0.389 e. The number of hydrogen-bond acceptors (Lipinski definition) is 8. The fourth-order valence-corrected chi connectivity index (χ4v) is 3.99. The van der Waals surface area contributed by atoms with E-state index in [0.717, 1.165) is 25.0 Å². The van der Waals surface area contributed by atoms with E-state index in [1.165, 1.54) is 4.68 Å². The Labute approximate surface area is 231 Å². The van der Waals surface area contributed by atoms with Crippen molar-refractivity contribution in [2.45, 2.75) is 66.6 Å². The molecule has 0 radical (unpaired) electrons. The van der Waals surface area contributed by atoms with Crippen molar-refractivity contribution in [2.75, 3.05) is 11.9 Å². The lowest BCUT2D eigenvalue weighted by Gasteiger charge is -2.25. The minimum Gasteiger partial charge on any atom is -0.389 e. The van der Waals surface area contributed by atoms with Crippen molar-refractivity contribution < 1.29 is 14.4 Å². The number of anilines is 1. The molecule has 3 aromatic rings. The summed E-state index contributed by atoms with van der Waals surface area (Å²) in [5.74, 6) is 2.21. The zero-order chi connectivity index (χ0) is 28.2. The smallest absolute Gasteiger partial charge is 0.225 e. The number of oxime groups is 1. The van der Waals surface area contributed by atoms with Crippen LogP contribution in [0, 0.1) is 17.8 Å². The minimum atomic E-state index is -0.0575. The van der Waals surface area contributed by atoms with Crippen LogP contribution in [0.25, 0.3) is 0 Å². The van der Waals surface area contributed by atoms with Gasteiger partial charge in [-0.05, 0) is 53.7 Å². The van der Waals surface area contributed by atoms with E-state index in [9.17, 15) is 4.79 Å². The Balaban J connectivity index is 1.54. The Morgan fingerprint density at radius 3 is 2.51 bits per heavy atom. The van der Waals surface area contributed by atoms with Gasteiger partial charge in [0.25, 0.3) is 0 Å². The van der Waals surface area contributed by atoms with Gasteiger partial charge in [-0.15, -0.1) is 5.10 Å². The monoisotopic (exact) mass is 535 g/mol. The second kappa shape index (κ2) is 15.1. The van der Waals surface area contributed by atoms with Gasteiger partial charge in [-0.25, -0.2) is 9.67 Å². The first kappa shape index (κ1) is 29.9.